The van der Waals surface area contributed by atoms with Crippen molar-refractivity contribution >= 4 is 9.24 Å². The first kappa shape index (κ1) is 10.4. The first-order valence-corrected chi connectivity index (χ1v) is 5.10. The van der Waals surface area contributed by atoms with E-state index >= 15 is 0 Å². The Labute approximate surface area is 68.0 Å². The van der Waals surface area contributed by atoms with Gasteiger partial charge < -0.3 is 0 Å². The fraction of sp³-hybridized carbons (Fsp3) is 1.00. The number of unbranched alkanes of at least 4 members (excludes halogenated alkanes) is 2. The van der Waals surface area contributed by atoms with Crippen molar-refractivity contribution in [2.75, 3.05) is 0 Å². The number of hydrogen-bond acceptors (Lipinski definition) is 0. The van der Waals surface area contributed by atoms with E-state index in [-0.39, 0.29) is 0 Å². The molecule has 62 valence electrons. The van der Waals surface area contributed by atoms with Crippen LogP contribution in [0.4, 0.5) is 0 Å². The van der Waals surface area contributed by atoms with Crippen LogP contribution in [0.3, 0.4) is 0 Å². The van der Waals surface area contributed by atoms with Crippen molar-refractivity contribution in [3.8, 4) is 0 Å². The van der Waals surface area contributed by atoms with Crippen LogP contribution in [0.1, 0.15) is 46.5 Å². The maximum Gasteiger partial charge on any atom is -0.0267 e. The van der Waals surface area contributed by atoms with Crippen molar-refractivity contribution in [3.05, 3.63) is 0 Å². The lowest BCUT2D eigenvalue weighted by Crippen LogP contribution is -2.05. The van der Waals surface area contributed by atoms with Crippen LogP contribution in [0.25, 0.3) is 0 Å². The Morgan fingerprint density at radius 1 is 1.20 bits per heavy atom. The van der Waals surface area contributed by atoms with Crippen LogP contribution in [0.2, 0.25) is 0 Å². The molecule has 0 saturated heterocycles. The minimum Gasteiger partial charge on any atom is -0.134 e. The molecule has 0 N–H and O–H groups in total. The Hall–Kier alpha value is 0.430. The standard InChI is InChI=1S/C9H21P/c1-4-5-6-7-8(2)9(3)10/h8-9H,4-7,10H2,1-3H3. The number of rotatable bonds is 5. The summed E-state index contributed by atoms with van der Waals surface area (Å²) in [6.07, 6.45) is 5.56. The molecule has 3 atom stereocenters. The summed E-state index contributed by atoms with van der Waals surface area (Å²) < 4.78 is 0. The summed E-state index contributed by atoms with van der Waals surface area (Å²) in [5.41, 5.74) is 0.789. The van der Waals surface area contributed by atoms with Crippen LogP contribution in [0, 0.1) is 5.92 Å². The molecule has 0 aromatic heterocycles. The Morgan fingerprint density at radius 2 is 1.80 bits per heavy atom. The Kier molecular flexibility index (Phi) is 6.43. The third-order valence-corrected chi connectivity index (χ3v) is 2.82. The van der Waals surface area contributed by atoms with E-state index in [2.05, 4.69) is 30.0 Å². The molecule has 0 radical (unpaired) electrons. The van der Waals surface area contributed by atoms with Crippen molar-refractivity contribution in [1.82, 2.24) is 0 Å². The predicted octanol–water partition coefficient (Wildman–Crippen LogP) is 3.47. The molecule has 0 spiro atoms. The second-order valence-corrected chi connectivity index (χ2v) is 4.38. The molecule has 0 rings (SSSR count). The van der Waals surface area contributed by atoms with Gasteiger partial charge in [0.2, 0.25) is 0 Å². The Balaban J connectivity index is 3.13. The normalized spacial score (nSPS) is 16.8. The summed E-state index contributed by atoms with van der Waals surface area (Å²) in [4.78, 5) is 0. The lowest BCUT2D eigenvalue weighted by molar-refractivity contribution is 0.492. The molecule has 3 unspecified atom stereocenters. The summed E-state index contributed by atoms with van der Waals surface area (Å²) in [6, 6.07) is 0. The van der Waals surface area contributed by atoms with Crippen molar-refractivity contribution in [2.24, 2.45) is 5.92 Å². The van der Waals surface area contributed by atoms with Gasteiger partial charge in [0, 0.05) is 0 Å². The summed E-state index contributed by atoms with van der Waals surface area (Å²) in [5, 5.41) is 0. The van der Waals surface area contributed by atoms with E-state index in [1.165, 1.54) is 25.7 Å². The molecule has 0 heterocycles. The zero-order chi connectivity index (χ0) is 7.98. The highest BCUT2D eigenvalue weighted by atomic mass is 31.0. The molecule has 1 heteroatoms. The third-order valence-electron chi connectivity index (χ3n) is 2.16. The second kappa shape index (κ2) is 6.16. The fourth-order valence-corrected chi connectivity index (χ4v) is 1.17. The zero-order valence-corrected chi connectivity index (χ0v) is 8.72. The number of hydrogen-bond donors (Lipinski definition) is 0. The van der Waals surface area contributed by atoms with Gasteiger partial charge in [-0.15, -0.1) is 9.24 Å². The molecule has 0 aromatic rings. The molecule has 0 amide bonds. The van der Waals surface area contributed by atoms with Crippen molar-refractivity contribution in [1.29, 1.82) is 0 Å². The van der Waals surface area contributed by atoms with Crippen molar-refractivity contribution < 1.29 is 0 Å². The molecule has 0 fully saturated rings. The Bertz CT molecular complexity index is 69.1. The van der Waals surface area contributed by atoms with Gasteiger partial charge in [0.05, 0.1) is 0 Å². The first-order chi connectivity index (χ1) is 4.68. The molecule has 10 heavy (non-hydrogen) atoms. The van der Waals surface area contributed by atoms with E-state index in [0.29, 0.717) is 0 Å². The van der Waals surface area contributed by atoms with Crippen LogP contribution in [-0.4, -0.2) is 5.66 Å². The highest BCUT2D eigenvalue weighted by Gasteiger charge is 2.05. The monoisotopic (exact) mass is 160 g/mol. The lowest BCUT2D eigenvalue weighted by Gasteiger charge is -2.14. The van der Waals surface area contributed by atoms with Crippen molar-refractivity contribution in [2.45, 2.75) is 52.1 Å². The van der Waals surface area contributed by atoms with Gasteiger partial charge in [-0.2, -0.15) is 0 Å². The van der Waals surface area contributed by atoms with Crippen LogP contribution in [-0.2, 0) is 0 Å². The third kappa shape index (κ3) is 5.23. The van der Waals surface area contributed by atoms with Crippen molar-refractivity contribution in [3.63, 3.8) is 0 Å². The maximum atomic E-state index is 2.88. The molecule has 0 bridgehead atoms. The van der Waals surface area contributed by atoms with Gasteiger partial charge in [0.15, 0.2) is 0 Å². The molecular formula is C9H21P. The second-order valence-electron chi connectivity index (χ2n) is 3.33. The van der Waals surface area contributed by atoms with Gasteiger partial charge in [-0.1, -0.05) is 46.5 Å². The first-order valence-electron chi connectivity index (χ1n) is 4.44. The Morgan fingerprint density at radius 3 is 2.20 bits per heavy atom. The van der Waals surface area contributed by atoms with E-state index in [4.69, 9.17) is 0 Å². The van der Waals surface area contributed by atoms with Gasteiger partial charge in [-0.3, -0.25) is 0 Å². The maximum absolute atomic E-state index is 2.88. The summed E-state index contributed by atoms with van der Waals surface area (Å²) >= 11 is 0. The molecule has 0 nitrogen and oxygen atoms in total. The van der Waals surface area contributed by atoms with Gasteiger partial charge in [-0.05, 0) is 11.6 Å². The highest BCUT2D eigenvalue weighted by molar-refractivity contribution is 7.17. The molecular weight excluding hydrogens is 139 g/mol. The summed E-state index contributed by atoms with van der Waals surface area (Å²) in [5.74, 6) is 0.886. The van der Waals surface area contributed by atoms with E-state index in [0.717, 1.165) is 11.6 Å². The lowest BCUT2D eigenvalue weighted by atomic mass is 10.0. The van der Waals surface area contributed by atoms with E-state index in [1.807, 2.05) is 0 Å². The smallest absolute Gasteiger partial charge is 0.0267 e. The molecule has 0 aromatic carbocycles. The molecule has 0 saturated carbocycles. The average Bonchev–Trinajstić information content (AvgIpc) is 1.88. The summed E-state index contributed by atoms with van der Waals surface area (Å²) in [6.45, 7) is 6.88. The topological polar surface area (TPSA) is 0 Å². The minimum absolute atomic E-state index is 0.789. The molecule has 0 aliphatic heterocycles. The SMILES string of the molecule is CCCCCC(C)C(C)P. The van der Waals surface area contributed by atoms with Crippen LogP contribution < -0.4 is 0 Å². The average molecular weight is 160 g/mol. The largest absolute Gasteiger partial charge is 0.134 e. The fourth-order valence-electron chi connectivity index (χ4n) is 0.979. The molecule has 0 aliphatic carbocycles. The predicted molar refractivity (Wildman–Crippen MR) is 52.5 cm³/mol. The van der Waals surface area contributed by atoms with Crippen LogP contribution in [0.15, 0.2) is 0 Å². The molecule has 0 aliphatic rings. The minimum atomic E-state index is 0.789. The van der Waals surface area contributed by atoms with Crippen LogP contribution in [0.5, 0.6) is 0 Å². The van der Waals surface area contributed by atoms with E-state index < -0.39 is 0 Å². The van der Waals surface area contributed by atoms with Gasteiger partial charge in [0.25, 0.3) is 0 Å². The van der Waals surface area contributed by atoms with Gasteiger partial charge in [0.1, 0.15) is 0 Å². The zero-order valence-electron chi connectivity index (χ0n) is 7.56. The van der Waals surface area contributed by atoms with E-state index in [1.54, 1.807) is 0 Å². The van der Waals surface area contributed by atoms with Crippen LogP contribution >= 0.6 is 9.24 Å². The van der Waals surface area contributed by atoms with Gasteiger partial charge >= 0.3 is 0 Å². The summed E-state index contributed by atoms with van der Waals surface area (Å²) in [7, 11) is 2.88. The quantitative estimate of drug-likeness (QED) is 0.426. The van der Waals surface area contributed by atoms with Gasteiger partial charge in [-0.25, -0.2) is 0 Å². The highest BCUT2D eigenvalue weighted by Crippen LogP contribution is 2.18. The van der Waals surface area contributed by atoms with E-state index in [9.17, 15) is 0 Å².